The minimum Gasteiger partial charge on any atom is -0.365 e. The molecule has 0 radical (unpaired) electrons. The molecular formula is C20H18N2O3S. The highest BCUT2D eigenvalue weighted by Gasteiger charge is 2.37. The van der Waals surface area contributed by atoms with E-state index in [-0.39, 0.29) is 5.92 Å². The Kier molecular flexibility index (Phi) is 4.22. The number of fused-ring (bicyclic) bond motifs is 1. The van der Waals surface area contributed by atoms with Crippen molar-refractivity contribution in [1.29, 1.82) is 0 Å². The lowest BCUT2D eigenvalue weighted by atomic mass is 9.85. The van der Waals surface area contributed by atoms with Gasteiger partial charge in [-0.3, -0.25) is 14.8 Å². The number of carbonyl (C=O) groups is 2. The van der Waals surface area contributed by atoms with Crippen LogP contribution < -0.4 is 11.2 Å². The Morgan fingerprint density at radius 1 is 1.12 bits per heavy atom. The third-order valence-corrected chi connectivity index (χ3v) is 6.10. The zero-order chi connectivity index (χ0) is 18.3. The first-order chi connectivity index (χ1) is 12.6. The number of primary amides is 1. The van der Waals surface area contributed by atoms with Crippen LogP contribution in [0.4, 0.5) is 0 Å². The molecule has 1 aromatic heterocycles. The van der Waals surface area contributed by atoms with Crippen molar-refractivity contribution in [3.8, 4) is 0 Å². The number of nitrogens with two attached hydrogens (primary N) is 1. The van der Waals surface area contributed by atoms with Crippen LogP contribution in [0.1, 0.15) is 49.9 Å². The van der Waals surface area contributed by atoms with Crippen LogP contribution >= 0.6 is 11.3 Å². The van der Waals surface area contributed by atoms with Gasteiger partial charge in [0.2, 0.25) is 0 Å². The number of benzene rings is 2. The summed E-state index contributed by atoms with van der Waals surface area (Å²) >= 11 is 1.44. The number of nitrogens with one attached hydrogen (secondary N) is 1. The van der Waals surface area contributed by atoms with Gasteiger partial charge in [0.15, 0.2) is 0 Å². The van der Waals surface area contributed by atoms with E-state index >= 15 is 0 Å². The summed E-state index contributed by atoms with van der Waals surface area (Å²) in [5, 5.41) is 9.85. The van der Waals surface area contributed by atoms with Gasteiger partial charge in [-0.25, -0.2) is 5.48 Å². The fourth-order valence-electron chi connectivity index (χ4n) is 3.57. The van der Waals surface area contributed by atoms with Crippen molar-refractivity contribution in [2.75, 3.05) is 0 Å². The largest absolute Gasteiger partial charge is 0.365 e. The minimum absolute atomic E-state index is 0.0693. The van der Waals surface area contributed by atoms with Crippen LogP contribution in [-0.2, 0) is 0 Å². The van der Waals surface area contributed by atoms with E-state index in [0.717, 1.165) is 34.1 Å². The molecule has 1 aliphatic carbocycles. The summed E-state index contributed by atoms with van der Waals surface area (Å²) in [5.74, 6) is -0.412. The van der Waals surface area contributed by atoms with E-state index in [2.05, 4.69) is 0 Å². The van der Waals surface area contributed by atoms with Crippen LogP contribution in [0, 0.1) is 5.92 Å². The first-order valence-corrected chi connectivity index (χ1v) is 9.27. The van der Waals surface area contributed by atoms with Crippen molar-refractivity contribution < 1.29 is 14.8 Å². The van der Waals surface area contributed by atoms with E-state index < -0.39 is 11.8 Å². The number of thiophene rings is 1. The Hall–Kier alpha value is -2.70. The van der Waals surface area contributed by atoms with Gasteiger partial charge < -0.3 is 5.73 Å². The molecule has 0 unspecified atom stereocenters. The predicted octanol–water partition coefficient (Wildman–Crippen LogP) is 3.66. The van der Waals surface area contributed by atoms with Gasteiger partial charge in [0, 0.05) is 16.2 Å². The van der Waals surface area contributed by atoms with E-state index in [1.807, 2.05) is 36.4 Å². The normalized spacial score (nSPS) is 15.0. The number of amides is 2. The van der Waals surface area contributed by atoms with Crippen molar-refractivity contribution in [2.45, 2.75) is 18.8 Å². The van der Waals surface area contributed by atoms with Crippen molar-refractivity contribution in [3.63, 3.8) is 0 Å². The molecule has 1 fully saturated rings. The molecule has 1 heterocycles. The monoisotopic (exact) mass is 366 g/mol. The summed E-state index contributed by atoms with van der Waals surface area (Å²) in [5.41, 5.74) is 9.76. The molecule has 132 valence electrons. The zero-order valence-electron chi connectivity index (χ0n) is 13.9. The third-order valence-electron chi connectivity index (χ3n) is 4.90. The molecule has 4 N–H and O–H groups in total. The number of hydrogen-bond acceptors (Lipinski definition) is 4. The molecule has 2 aromatic carbocycles. The minimum atomic E-state index is -0.543. The van der Waals surface area contributed by atoms with Gasteiger partial charge in [-0.1, -0.05) is 30.3 Å². The van der Waals surface area contributed by atoms with Crippen LogP contribution in [0.15, 0.2) is 48.5 Å². The van der Waals surface area contributed by atoms with Gasteiger partial charge in [0.1, 0.15) is 0 Å². The van der Waals surface area contributed by atoms with Crippen molar-refractivity contribution >= 4 is 33.2 Å². The van der Waals surface area contributed by atoms with Gasteiger partial charge in [0.25, 0.3) is 11.8 Å². The van der Waals surface area contributed by atoms with Gasteiger partial charge >= 0.3 is 0 Å². The van der Waals surface area contributed by atoms with Crippen molar-refractivity contribution in [3.05, 3.63) is 70.1 Å². The maximum absolute atomic E-state index is 12.1. The molecule has 0 aliphatic heterocycles. The molecular weight excluding hydrogens is 348 g/mol. The van der Waals surface area contributed by atoms with Crippen molar-refractivity contribution in [2.24, 2.45) is 11.7 Å². The highest BCUT2D eigenvalue weighted by Crippen LogP contribution is 2.50. The lowest BCUT2D eigenvalue weighted by molar-refractivity contribution is 0.0706. The van der Waals surface area contributed by atoms with E-state index in [9.17, 15) is 9.59 Å². The Balaban J connectivity index is 1.86. The highest BCUT2D eigenvalue weighted by atomic mass is 32.1. The molecule has 26 heavy (non-hydrogen) atoms. The number of hydroxylamine groups is 1. The summed E-state index contributed by atoms with van der Waals surface area (Å²) < 4.78 is 1.05. The lowest BCUT2D eigenvalue weighted by Crippen LogP contribution is -2.18. The van der Waals surface area contributed by atoms with Crippen LogP contribution in [0.3, 0.4) is 0 Å². The van der Waals surface area contributed by atoms with Gasteiger partial charge in [-0.05, 0) is 53.5 Å². The third kappa shape index (κ3) is 2.87. The summed E-state index contributed by atoms with van der Waals surface area (Å²) in [6.07, 6.45) is 2.21. The van der Waals surface area contributed by atoms with E-state index in [1.165, 1.54) is 11.3 Å². The second-order valence-electron chi connectivity index (χ2n) is 6.58. The Labute approximate surface area is 154 Å². The fourth-order valence-corrected chi connectivity index (χ4v) is 4.67. The Morgan fingerprint density at radius 2 is 1.81 bits per heavy atom. The first-order valence-electron chi connectivity index (χ1n) is 8.45. The van der Waals surface area contributed by atoms with Gasteiger partial charge in [0.05, 0.1) is 4.88 Å². The summed E-state index contributed by atoms with van der Waals surface area (Å²) in [6.45, 7) is 0. The molecule has 1 atom stereocenters. The van der Waals surface area contributed by atoms with Crippen LogP contribution in [-0.4, -0.2) is 17.0 Å². The molecule has 0 bridgehead atoms. The van der Waals surface area contributed by atoms with Gasteiger partial charge in [-0.2, -0.15) is 0 Å². The summed E-state index contributed by atoms with van der Waals surface area (Å²) in [4.78, 5) is 24.3. The number of carbonyl (C=O) groups excluding carboxylic acids is 2. The predicted molar refractivity (Wildman–Crippen MR) is 101 cm³/mol. The summed E-state index contributed by atoms with van der Waals surface area (Å²) in [7, 11) is 0. The number of rotatable bonds is 5. The smallest absolute Gasteiger partial charge is 0.274 e. The second-order valence-corrected chi connectivity index (χ2v) is 7.64. The average molecular weight is 366 g/mol. The highest BCUT2D eigenvalue weighted by molar-refractivity contribution is 7.21. The lowest BCUT2D eigenvalue weighted by Gasteiger charge is -2.18. The standard InChI is InChI=1S/C20H18N2O3S/c21-19(23)18-17(14-3-1-2-4-15(14)26-18)16(11-5-6-11)12-7-9-13(10-8-12)20(24)22-25/h1-4,7-11,16,25H,5-6H2,(H2,21,23)(H,22,24)/t16-/m1/s1. The molecule has 2 amide bonds. The second kappa shape index (κ2) is 6.55. The van der Waals surface area contributed by atoms with Crippen LogP contribution in [0.5, 0.6) is 0 Å². The van der Waals surface area contributed by atoms with E-state index in [0.29, 0.717) is 16.4 Å². The molecule has 4 rings (SSSR count). The SMILES string of the molecule is NC(=O)c1sc2ccccc2c1[C@@H](c1ccc(C(=O)NO)cc1)C1CC1. The van der Waals surface area contributed by atoms with Crippen molar-refractivity contribution in [1.82, 2.24) is 5.48 Å². The fraction of sp³-hybridized carbons (Fsp3) is 0.200. The maximum atomic E-state index is 12.1. The molecule has 1 saturated carbocycles. The number of hydrogen-bond donors (Lipinski definition) is 3. The van der Waals surface area contributed by atoms with Crippen LogP contribution in [0.25, 0.3) is 10.1 Å². The molecule has 0 spiro atoms. The molecule has 6 heteroatoms. The maximum Gasteiger partial charge on any atom is 0.274 e. The molecule has 1 aliphatic rings. The molecule has 3 aromatic rings. The topological polar surface area (TPSA) is 92.4 Å². The van der Waals surface area contributed by atoms with E-state index in [1.54, 1.807) is 17.6 Å². The van der Waals surface area contributed by atoms with Gasteiger partial charge in [-0.15, -0.1) is 11.3 Å². The summed E-state index contributed by atoms with van der Waals surface area (Å²) in [6, 6.07) is 15.1. The first kappa shape index (κ1) is 16.8. The molecule has 0 saturated heterocycles. The molecule has 5 nitrogen and oxygen atoms in total. The van der Waals surface area contributed by atoms with Crippen LogP contribution in [0.2, 0.25) is 0 Å². The zero-order valence-corrected chi connectivity index (χ0v) is 14.8. The average Bonchev–Trinajstić information content (AvgIpc) is 3.42. The Bertz CT molecular complexity index is 990. The Morgan fingerprint density at radius 3 is 2.42 bits per heavy atom. The van der Waals surface area contributed by atoms with E-state index in [4.69, 9.17) is 10.9 Å². The quantitative estimate of drug-likeness (QED) is 0.475.